The quantitative estimate of drug-likeness (QED) is 0.871. The summed E-state index contributed by atoms with van der Waals surface area (Å²) in [4.78, 5) is 0.916. The van der Waals surface area contributed by atoms with Gasteiger partial charge >= 0.3 is 0 Å². The molecule has 2 rings (SSSR count). The third-order valence-corrected chi connectivity index (χ3v) is 4.66. The fourth-order valence-corrected chi connectivity index (χ4v) is 3.46. The van der Waals surface area contributed by atoms with Gasteiger partial charge in [-0.15, -0.1) is 0 Å². The lowest BCUT2D eigenvalue weighted by Gasteiger charge is -2.04. The number of fused-ring (bicyclic) bond motifs is 1. The van der Waals surface area contributed by atoms with Crippen LogP contribution in [0.5, 0.6) is 0 Å². The van der Waals surface area contributed by atoms with E-state index >= 15 is 0 Å². The van der Waals surface area contributed by atoms with Crippen molar-refractivity contribution in [3.63, 3.8) is 0 Å². The number of likely N-dealkylation sites (N-methyl/N-ethyl adjacent to an activating group) is 1. The lowest BCUT2D eigenvalue weighted by Crippen LogP contribution is -2.19. The van der Waals surface area contributed by atoms with Gasteiger partial charge in [-0.1, -0.05) is 19.1 Å². The number of sulfone groups is 1. The molecule has 16 heavy (non-hydrogen) atoms. The van der Waals surface area contributed by atoms with E-state index in [1.165, 1.54) is 0 Å². The summed E-state index contributed by atoms with van der Waals surface area (Å²) in [5.41, 5.74) is 1.85. The summed E-state index contributed by atoms with van der Waals surface area (Å²) in [5.74, 6) is 0. The van der Waals surface area contributed by atoms with E-state index in [2.05, 4.69) is 5.32 Å². The number of aryl methyl sites for hydroxylation is 1. The molecule has 0 aromatic heterocycles. The van der Waals surface area contributed by atoms with Crippen LogP contribution in [0.4, 0.5) is 0 Å². The van der Waals surface area contributed by atoms with Gasteiger partial charge in [-0.2, -0.15) is 0 Å². The van der Waals surface area contributed by atoms with Gasteiger partial charge in [0.25, 0.3) is 0 Å². The summed E-state index contributed by atoms with van der Waals surface area (Å²) in [7, 11) is -3.24. The zero-order valence-corrected chi connectivity index (χ0v) is 10.3. The van der Waals surface area contributed by atoms with Crippen LogP contribution in [-0.2, 0) is 9.84 Å². The van der Waals surface area contributed by atoms with Crippen molar-refractivity contribution in [2.24, 2.45) is 0 Å². The minimum Gasteiger partial charge on any atom is -0.312 e. The Bertz CT molecular complexity index is 544. The summed E-state index contributed by atoms with van der Waals surface area (Å²) < 4.78 is 24.3. The SMILES string of the molecule is CCNCC1=Cc2c(C)cccc2S1(=O)=O. The number of hydrogen-bond acceptors (Lipinski definition) is 3. The molecular formula is C12H15NO2S. The molecular weight excluding hydrogens is 222 g/mol. The maximum absolute atomic E-state index is 12.1. The molecule has 0 amide bonds. The Kier molecular flexibility index (Phi) is 2.86. The van der Waals surface area contributed by atoms with Gasteiger partial charge in [0.2, 0.25) is 9.84 Å². The predicted molar refractivity (Wildman–Crippen MR) is 64.9 cm³/mol. The first kappa shape index (κ1) is 11.4. The Balaban J connectivity index is 2.49. The third kappa shape index (κ3) is 1.68. The minimum atomic E-state index is -3.24. The lowest BCUT2D eigenvalue weighted by atomic mass is 10.1. The number of hydrogen-bond donors (Lipinski definition) is 1. The van der Waals surface area contributed by atoms with Crippen molar-refractivity contribution in [2.75, 3.05) is 13.1 Å². The number of benzene rings is 1. The molecule has 86 valence electrons. The molecule has 4 heteroatoms. The second kappa shape index (κ2) is 4.03. The van der Waals surface area contributed by atoms with Crippen LogP contribution in [0.3, 0.4) is 0 Å². The van der Waals surface area contributed by atoms with Gasteiger partial charge in [0.1, 0.15) is 0 Å². The highest BCUT2D eigenvalue weighted by molar-refractivity contribution is 7.95. The molecule has 3 nitrogen and oxygen atoms in total. The van der Waals surface area contributed by atoms with E-state index in [0.717, 1.165) is 17.7 Å². The molecule has 0 spiro atoms. The summed E-state index contributed by atoms with van der Waals surface area (Å²) in [6, 6.07) is 5.39. The van der Waals surface area contributed by atoms with Crippen molar-refractivity contribution in [2.45, 2.75) is 18.7 Å². The molecule has 0 saturated carbocycles. The topological polar surface area (TPSA) is 46.2 Å². The average Bonchev–Trinajstić information content (AvgIpc) is 2.50. The van der Waals surface area contributed by atoms with Crippen molar-refractivity contribution < 1.29 is 8.42 Å². The Morgan fingerprint density at radius 2 is 2.06 bits per heavy atom. The predicted octanol–water partition coefficient (Wildman–Crippen LogP) is 1.73. The van der Waals surface area contributed by atoms with Gasteiger partial charge in [-0.05, 0) is 36.7 Å². The highest BCUT2D eigenvalue weighted by Gasteiger charge is 2.29. The van der Waals surface area contributed by atoms with E-state index in [4.69, 9.17) is 0 Å². The maximum atomic E-state index is 12.1. The highest BCUT2D eigenvalue weighted by atomic mass is 32.2. The van der Waals surface area contributed by atoms with Crippen LogP contribution in [-0.4, -0.2) is 21.5 Å². The largest absolute Gasteiger partial charge is 0.312 e. The van der Waals surface area contributed by atoms with Gasteiger partial charge in [-0.3, -0.25) is 0 Å². The number of rotatable bonds is 3. The molecule has 1 aromatic carbocycles. The number of nitrogens with one attached hydrogen (secondary N) is 1. The summed E-state index contributed by atoms with van der Waals surface area (Å²) in [5, 5.41) is 3.05. The van der Waals surface area contributed by atoms with Crippen LogP contribution < -0.4 is 5.32 Å². The second-order valence-corrected chi connectivity index (χ2v) is 5.85. The Hall–Kier alpha value is -1.13. The summed E-state index contributed by atoms with van der Waals surface area (Å²) in [6.45, 7) is 5.07. The Labute approximate surface area is 96.1 Å². The fourth-order valence-electron chi connectivity index (χ4n) is 1.85. The highest BCUT2D eigenvalue weighted by Crippen LogP contribution is 2.33. The van der Waals surface area contributed by atoms with E-state index in [0.29, 0.717) is 16.3 Å². The van der Waals surface area contributed by atoms with E-state index in [1.54, 1.807) is 18.2 Å². The van der Waals surface area contributed by atoms with Crippen molar-refractivity contribution >= 4 is 15.9 Å². The molecule has 1 aliphatic rings. The molecule has 0 atom stereocenters. The van der Waals surface area contributed by atoms with E-state index in [-0.39, 0.29) is 0 Å². The maximum Gasteiger partial charge on any atom is 0.204 e. The van der Waals surface area contributed by atoms with Crippen molar-refractivity contribution in [1.82, 2.24) is 5.32 Å². The molecule has 1 N–H and O–H groups in total. The molecule has 0 saturated heterocycles. The van der Waals surface area contributed by atoms with Crippen LogP contribution in [0.25, 0.3) is 6.08 Å². The second-order valence-electron chi connectivity index (χ2n) is 3.88. The zero-order chi connectivity index (χ0) is 11.8. The fraction of sp³-hybridized carbons (Fsp3) is 0.333. The van der Waals surface area contributed by atoms with Crippen LogP contribution in [0, 0.1) is 6.92 Å². The van der Waals surface area contributed by atoms with Crippen molar-refractivity contribution in [1.29, 1.82) is 0 Å². The van der Waals surface area contributed by atoms with E-state index in [1.807, 2.05) is 19.9 Å². The molecule has 0 bridgehead atoms. The van der Waals surface area contributed by atoms with Gasteiger partial charge in [-0.25, -0.2) is 8.42 Å². The van der Waals surface area contributed by atoms with Crippen LogP contribution in [0.1, 0.15) is 18.1 Å². The Morgan fingerprint density at radius 3 is 2.69 bits per heavy atom. The Morgan fingerprint density at radius 1 is 1.31 bits per heavy atom. The first-order valence-corrected chi connectivity index (χ1v) is 6.81. The van der Waals surface area contributed by atoms with Crippen molar-refractivity contribution in [3.8, 4) is 0 Å². The van der Waals surface area contributed by atoms with Crippen LogP contribution >= 0.6 is 0 Å². The molecule has 0 fully saturated rings. The average molecular weight is 237 g/mol. The minimum absolute atomic E-state index is 0.410. The summed E-state index contributed by atoms with van der Waals surface area (Å²) >= 11 is 0. The zero-order valence-electron chi connectivity index (χ0n) is 9.45. The molecule has 1 heterocycles. The standard InChI is InChI=1S/C12H15NO2S/c1-3-13-8-10-7-11-9(2)5-4-6-12(11)16(10,14)15/h4-7,13H,3,8H2,1-2H3. The smallest absolute Gasteiger partial charge is 0.204 e. The molecule has 0 unspecified atom stereocenters. The van der Waals surface area contributed by atoms with E-state index in [9.17, 15) is 8.42 Å². The van der Waals surface area contributed by atoms with Gasteiger partial charge in [0, 0.05) is 6.54 Å². The van der Waals surface area contributed by atoms with Crippen molar-refractivity contribution in [3.05, 3.63) is 34.2 Å². The van der Waals surface area contributed by atoms with E-state index < -0.39 is 9.84 Å². The van der Waals surface area contributed by atoms with Crippen LogP contribution in [0.2, 0.25) is 0 Å². The third-order valence-electron chi connectivity index (χ3n) is 2.77. The summed E-state index contributed by atoms with van der Waals surface area (Å²) in [6.07, 6.45) is 1.78. The molecule has 1 aromatic rings. The van der Waals surface area contributed by atoms with Crippen LogP contribution in [0.15, 0.2) is 28.0 Å². The van der Waals surface area contributed by atoms with Gasteiger partial charge in [0.15, 0.2) is 0 Å². The van der Waals surface area contributed by atoms with Gasteiger partial charge < -0.3 is 5.32 Å². The monoisotopic (exact) mass is 237 g/mol. The normalized spacial score (nSPS) is 17.0. The lowest BCUT2D eigenvalue weighted by molar-refractivity contribution is 0.601. The first-order chi connectivity index (χ1) is 7.57. The van der Waals surface area contributed by atoms with Gasteiger partial charge in [0.05, 0.1) is 9.80 Å². The molecule has 0 aliphatic carbocycles. The molecule has 0 radical (unpaired) electrons. The molecule has 1 aliphatic heterocycles. The first-order valence-electron chi connectivity index (χ1n) is 5.33.